The number of carbonyl (C=O) groups is 1. The molecule has 0 aliphatic heterocycles. The predicted octanol–water partition coefficient (Wildman–Crippen LogP) is 3.30. The van der Waals surface area contributed by atoms with Crippen molar-refractivity contribution in [3.8, 4) is 0 Å². The SMILES string of the molecule is O=C(CSc1ccccc1)NCC1(CCCl)CC1. The van der Waals surface area contributed by atoms with Crippen LogP contribution >= 0.6 is 23.4 Å². The second-order valence-corrected chi connectivity index (χ2v) is 6.24. The molecule has 1 fully saturated rings. The van der Waals surface area contributed by atoms with E-state index in [1.54, 1.807) is 11.8 Å². The Morgan fingerprint density at radius 3 is 2.67 bits per heavy atom. The quantitative estimate of drug-likeness (QED) is 0.614. The highest BCUT2D eigenvalue weighted by Gasteiger charge is 2.41. The Balaban J connectivity index is 1.67. The summed E-state index contributed by atoms with van der Waals surface area (Å²) in [6.45, 7) is 0.786. The molecule has 98 valence electrons. The maximum atomic E-state index is 11.7. The molecule has 0 spiro atoms. The third-order valence-electron chi connectivity index (χ3n) is 3.36. The van der Waals surface area contributed by atoms with Crippen LogP contribution in [0, 0.1) is 5.41 Å². The van der Waals surface area contributed by atoms with Crippen molar-refractivity contribution in [3.05, 3.63) is 30.3 Å². The van der Waals surface area contributed by atoms with Crippen molar-refractivity contribution in [3.63, 3.8) is 0 Å². The highest BCUT2D eigenvalue weighted by atomic mass is 35.5. The largest absolute Gasteiger partial charge is 0.355 e. The number of alkyl halides is 1. The summed E-state index contributed by atoms with van der Waals surface area (Å²) < 4.78 is 0. The topological polar surface area (TPSA) is 29.1 Å². The molecule has 18 heavy (non-hydrogen) atoms. The van der Waals surface area contributed by atoms with Gasteiger partial charge in [-0.2, -0.15) is 0 Å². The van der Waals surface area contributed by atoms with Crippen LogP contribution in [0.15, 0.2) is 35.2 Å². The van der Waals surface area contributed by atoms with E-state index in [4.69, 9.17) is 11.6 Å². The van der Waals surface area contributed by atoms with E-state index in [0.29, 0.717) is 17.0 Å². The number of rotatable bonds is 7. The van der Waals surface area contributed by atoms with E-state index < -0.39 is 0 Å². The molecule has 1 N–H and O–H groups in total. The molecule has 0 atom stereocenters. The molecule has 1 aromatic rings. The lowest BCUT2D eigenvalue weighted by atomic mass is 10.0. The van der Waals surface area contributed by atoms with Crippen LogP contribution in [0.3, 0.4) is 0 Å². The highest BCUT2D eigenvalue weighted by Crippen LogP contribution is 2.48. The summed E-state index contributed by atoms with van der Waals surface area (Å²) in [6, 6.07) is 9.99. The zero-order chi connectivity index (χ0) is 12.8. The van der Waals surface area contributed by atoms with Gasteiger partial charge < -0.3 is 5.32 Å². The third kappa shape index (κ3) is 4.21. The fraction of sp³-hybridized carbons (Fsp3) is 0.500. The first-order valence-electron chi connectivity index (χ1n) is 6.25. The van der Waals surface area contributed by atoms with Gasteiger partial charge in [0, 0.05) is 17.3 Å². The molecular formula is C14H18ClNOS. The standard InChI is InChI=1S/C14H18ClNOS/c15-9-8-14(6-7-14)11-16-13(17)10-18-12-4-2-1-3-5-12/h1-5H,6-11H2,(H,16,17). The summed E-state index contributed by atoms with van der Waals surface area (Å²) in [5.74, 6) is 1.29. The molecule has 0 saturated heterocycles. The second kappa shape index (κ2) is 6.48. The number of amides is 1. The molecular weight excluding hydrogens is 266 g/mol. The van der Waals surface area contributed by atoms with E-state index in [2.05, 4.69) is 5.32 Å². The molecule has 0 bridgehead atoms. The fourth-order valence-corrected chi connectivity index (χ4v) is 3.05. The van der Waals surface area contributed by atoms with Crippen LogP contribution in [0.5, 0.6) is 0 Å². The van der Waals surface area contributed by atoms with Gasteiger partial charge in [0.25, 0.3) is 0 Å². The smallest absolute Gasteiger partial charge is 0.230 e. The molecule has 0 heterocycles. The van der Waals surface area contributed by atoms with Crippen molar-refractivity contribution in [1.82, 2.24) is 5.32 Å². The first-order valence-corrected chi connectivity index (χ1v) is 7.77. The van der Waals surface area contributed by atoms with Gasteiger partial charge in [0.15, 0.2) is 0 Å². The van der Waals surface area contributed by atoms with Gasteiger partial charge in [0.05, 0.1) is 5.75 Å². The lowest BCUT2D eigenvalue weighted by Crippen LogP contribution is -2.31. The number of benzene rings is 1. The van der Waals surface area contributed by atoms with Crippen molar-refractivity contribution in [2.45, 2.75) is 24.2 Å². The van der Waals surface area contributed by atoms with E-state index in [9.17, 15) is 4.79 Å². The molecule has 0 unspecified atom stereocenters. The molecule has 1 amide bonds. The molecule has 0 aromatic heterocycles. The zero-order valence-corrected chi connectivity index (χ0v) is 11.9. The van der Waals surface area contributed by atoms with Gasteiger partial charge in [-0.1, -0.05) is 18.2 Å². The van der Waals surface area contributed by atoms with E-state index in [1.165, 1.54) is 12.8 Å². The molecule has 1 aliphatic carbocycles. The first-order chi connectivity index (χ1) is 8.74. The Kier molecular flexibility index (Phi) is 4.95. The van der Waals surface area contributed by atoms with Crippen LogP contribution < -0.4 is 5.32 Å². The maximum Gasteiger partial charge on any atom is 0.230 e. The van der Waals surface area contributed by atoms with Crippen LogP contribution in [-0.2, 0) is 4.79 Å². The Hall–Kier alpha value is -0.670. The molecule has 1 saturated carbocycles. The van der Waals surface area contributed by atoms with Crippen molar-refractivity contribution < 1.29 is 4.79 Å². The summed E-state index contributed by atoms with van der Waals surface area (Å²) in [5, 5.41) is 3.02. The van der Waals surface area contributed by atoms with Gasteiger partial charge in [-0.15, -0.1) is 23.4 Å². The highest BCUT2D eigenvalue weighted by molar-refractivity contribution is 8.00. The summed E-state index contributed by atoms with van der Waals surface area (Å²) in [6.07, 6.45) is 3.41. The lowest BCUT2D eigenvalue weighted by molar-refractivity contribution is -0.118. The molecule has 4 heteroatoms. The summed E-state index contributed by atoms with van der Waals surface area (Å²) in [7, 11) is 0. The second-order valence-electron chi connectivity index (χ2n) is 4.82. The van der Waals surface area contributed by atoms with Gasteiger partial charge >= 0.3 is 0 Å². The minimum Gasteiger partial charge on any atom is -0.355 e. The Morgan fingerprint density at radius 1 is 1.33 bits per heavy atom. The fourth-order valence-electron chi connectivity index (χ4n) is 1.90. The maximum absolute atomic E-state index is 11.7. The van der Waals surface area contributed by atoms with Gasteiger partial charge in [-0.3, -0.25) is 4.79 Å². The summed E-state index contributed by atoms with van der Waals surface area (Å²) >= 11 is 7.34. The normalized spacial score (nSPS) is 16.3. The summed E-state index contributed by atoms with van der Waals surface area (Å²) in [5.41, 5.74) is 0.314. The monoisotopic (exact) mass is 283 g/mol. The molecule has 2 rings (SSSR count). The van der Waals surface area contributed by atoms with E-state index >= 15 is 0 Å². The van der Waals surface area contributed by atoms with E-state index in [-0.39, 0.29) is 5.91 Å². The predicted molar refractivity (Wildman–Crippen MR) is 77.2 cm³/mol. The van der Waals surface area contributed by atoms with E-state index in [0.717, 1.165) is 17.9 Å². The minimum absolute atomic E-state index is 0.115. The number of halogens is 1. The molecule has 0 radical (unpaired) electrons. The number of hydrogen-bond acceptors (Lipinski definition) is 2. The first kappa shape index (κ1) is 13.8. The van der Waals surface area contributed by atoms with E-state index in [1.807, 2.05) is 30.3 Å². The Bertz CT molecular complexity index is 392. The van der Waals surface area contributed by atoms with Gasteiger partial charge in [-0.25, -0.2) is 0 Å². The van der Waals surface area contributed by atoms with Gasteiger partial charge in [0.2, 0.25) is 5.91 Å². The van der Waals surface area contributed by atoms with Crippen LogP contribution in [0.25, 0.3) is 0 Å². The molecule has 1 aromatic carbocycles. The van der Waals surface area contributed by atoms with Crippen molar-refractivity contribution in [2.24, 2.45) is 5.41 Å². The number of thioether (sulfide) groups is 1. The number of carbonyl (C=O) groups excluding carboxylic acids is 1. The lowest BCUT2D eigenvalue weighted by Gasteiger charge is -2.14. The van der Waals surface area contributed by atoms with Gasteiger partial charge in [0.1, 0.15) is 0 Å². The molecule has 1 aliphatic rings. The minimum atomic E-state index is 0.115. The van der Waals surface area contributed by atoms with Crippen molar-refractivity contribution >= 4 is 29.3 Å². The zero-order valence-electron chi connectivity index (χ0n) is 10.3. The van der Waals surface area contributed by atoms with Crippen LogP contribution in [0.1, 0.15) is 19.3 Å². The average molecular weight is 284 g/mol. The summed E-state index contributed by atoms with van der Waals surface area (Å²) in [4.78, 5) is 12.9. The van der Waals surface area contributed by atoms with Crippen LogP contribution in [0.2, 0.25) is 0 Å². The van der Waals surface area contributed by atoms with Crippen molar-refractivity contribution in [2.75, 3.05) is 18.2 Å². The Labute approximate surface area is 117 Å². The average Bonchev–Trinajstić information content (AvgIpc) is 3.16. The number of nitrogens with one attached hydrogen (secondary N) is 1. The van der Waals surface area contributed by atoms with Crippen LogP contribution in [-0.4, -0.2) is 24.1 Å². The number of hydrogen-bond donors (Lipinski definition) is 1. The van der Waals surface area contributed by atoms with Gasteiger partial charge in [-0.05, 0) is 36.8 Å². The Morgan fingerprint density at radius 2 is 2.06 bits per heavy atom. The molecule has 2 nitrogen and oxygen atoms in total. The van der Waals surface area contributed by atoms with Crippen LogP contribution in [0.4, 0.5) is 0 Å². The third-order valence-corrected chi connectivity index (χ3v) is 4.56. The van der Waals surface area contributed by atoms with Crippen molar-refractivity contribution in [1.29, 1.82) is 0 Å².